The molecule has 5 rings (SSSR count). The molecule has 0 atom stereocenters. The first-order valence-corrected chi connectivity index (χ1v) is 10.7. The minimum Gasteiger partial charge on any atom is -0.457 e. The zero-order chi connectivity index (χ0) is 21.9. The highest BCUT2D eigenvalue weighted by molar-refractivity contribution is 5.86. The smallest absolute Gasteiger partial charge is 0.259 e. The van der Waals surface area contributed by atoms with Gasteiger partial charge in [-0.05, 0) is 72.0 Å². The average molecular weight is 418 g/mol. The molecule has 0 unspecified atom stereocenters. The molecule has 0 aliphatic heterocycles. The Balaban J connectivity index is 1.59. The minimum absolute atomic E-state index is 0.0228. The van der Waals surface area contributed by atoms with E-state index in [2.05, 4.69) is 6.07 Å². The maximum Gasteiger partial charge on any atom is 0.259 e. The van der Waals surface area contributed by atoms with Crippen LogP contribution < -0.4 is 10.3 Å². The standard InChI is InChI=1S/C29H23NO2/c1-21-12-13-24-19-28(23-14-16-26(17-15-23)32-25-10-6-3-7-11-25)30(29(31)27(24)18-21)20-22-8-4-2-5-9-22/h2-19H,20H2,1H3. The lowest BCUT2D eigenvalue weighted by molar-refractivity contribution is 0.483. The first-order valence-electron chi connectivity index (χ1n) is 10.7. The largest absolute Gasteiger partial charge is 0.457 e. The van der Waals surface area contributed by atoms with Gasteiger partial charge < -0.3 is 9.30 Å². The average Bonchev–Trinajstić information content (AvgIpc) is 2.83. The molecule has 3 heteroatoms. The molecule has 32 heavy (non-hydrogen) atoms. The van der Waals surface area contributed by atoms with Crippen LogP contribution in [0, 0.1) is 6.92 Å². The number of pyridine rings is 1. The van der Waals surface area contributed by atoms with Crippen LogP contribution >= 0.6 is 0 Å². The van der Waals surface area contributed by atoms with E-state index in [0.717, 1.165) is 44.7 Å². The number of fused-ring (bicyclic) bond motifs is 1. The fourth-order valence-corrected chi connectivity index (χ4v) is 3.94. The van der Waals surface area contributed by atoms with Crippen LogP contribution in [-0.2, 0) is 6.54 Å². The Kier molecular flexibility index (Phi) is 5.30. The summed E-state index contributed by atoms with van der Waals surface area (Å²) in [6.45, 7) is 2.53. The van der Waals surface area contributed by atoms with E-state index >= 15 is 0 Å². The van der Waals surface area contributed by atoms with E-state index in [9.17, 15) is 4.79 Å². The van der Waals surface area contributed by atoms with Crippen LogP contribution in [0.15, 0.2) is 114 Å². The van der Waals surface area contributed by atoms with Crippen molar-refractivity contribution >= 4 is 10.8 Å². The topological polar surface area (TPSA) is 31.2 Å². The first kappa shape index (κ1) is 19.8. The number of hydrogen-bond donors (Lipinski definition) is 0. The molecule has 0 aliphatic rings. The maximum absolute atomic E-state index is 13.5. The molecule has 0 aliphatic carbocycles. The molecule has 0 saturated carbocycles. The number of aryl methyl sites for hydroxylation is 1. The predicted molar refractivity (Wildman–Crippen MR) is 130 cm³/mol. The molecule has 0 spiro atoms. The Morgan fingerprint density at radius 3 is 2.09 bits per heavy atom. The second kappa shape index (κ2) is 8.56. The molecule has 0 amide bonds. The summed E-state index contributed by atoms with van der Waals surface area (Å²) in [5.74, 6) is 1.55. The fourth-order valence-electron chi connectivity index (χ4n) is 3.94. The van der Waals surface area contributed by atoms with Gasteiger partial charge in [0.2, 0.25) is 0 Å². The molecule has 5 aromatic rings. The maximum atomic E-state index is 13.5. The third-order valence-corrected chi connectivity index (χ3v) is 5.58. The van der Waals surface area contributed by atoms with Gasteiger partial charge in [0.1, 0.15) is 11.5 Å². The Morgan fingerprint density at radius 1 is 0.719 bits per heavy atom. The van der Waals surface area contributed by atoms with Crippen molar-refractivity contribution in [3.05, 3.63) is 131 Å². The molecule has 1 aromatic heterocycles. The summed E-state index contributed by atoms with van der Waals surface area (Å²) in [4.78, 5) is 13.5. The van der Waals surface area contributed by atoms with E-state index in [0.29, 0.717) is 6.54 Å². The molecule has 0 radical (unpaired) electrons. The summed E-state index contributed by atoms with van der Waals surface area (Å²) >= 11 is 0. The summed E-state index contributed by atoms with van der Waals surface area (Å²) in [5.41, 5.74) is 4.06. The van der Waals surface area contributed by atoms with Crippen molar-refractivity contribution in [1.82, 2.24) is 4.57 Å². The van der Waals surface area contributed by atoms with E-state index in [-0.39, 0.29) is 5.56 Å². The summed E-state index contributed by atoms with van der Waals surface area (Å²) in [5, 5.41) is 1.69. The zero-order valence-electron chi connectivity index (χ0n) is 17.9. The molecule has 4 aromatic carbocycles. The Morgan fingerprint density at radius 2 is 1.38 bits per heavy atom. The van der Waals surface area contributed by atoms with E-state index in [1.807, 2.05) is 115 Å². The van der Waals surface area contributed by atoms with Gasteiger partial charge in [-0.25, -0.2) is 0 Å². The molecule has 0 saturated heterocycles. The minimum atomic E-state index is 0.0228. The highest BCUT2D eigenvalue weighted by Crippen LogP contribution is 2.28. The number of hydrogen-bond acceptors (Lipinski definition) is 2. The number of para-hydroxylation sites is 1. The van der Waals surface area contributed by atoms with Gasteiger partial charge >= 0.3 is 0 Å². The molecule has 3 nitrogen and oxygen atoms in total. The second-order valence-corrected chi connectivity index (χ2v) is 7.94. The number of ether oxygens (including phenoxy) is 1. The molecule has 1 heterocycles. The Hall–Kier alpha value is -4.11. The van der Waals surface area contributed by atoms with Gasteiger partial charge in [-0.15, -0.1) is 0 Å². The van der Waals surface area contributed by atoms with Crippen molar-refractivity contribution < 1.29 is 4.74 Å². The van der Waals surface area contributed by atoms with E-state index in [1.165, 1.54) is 0 Å². The van der Waals surface area contributed by atoms with Crippen LogP contribution in [0.3, 0.4) is 0 Å². The van der Waals surface area contributed by atoms with E-state index < -0.39 is 0 Å². The summed E-state index contributed by atoms with van der Waals surface area (Å²) < 4.78 is 7.80. The van der Waals surface area contributed by atoms with Crippen molar-refractivity contribution in [2.75, 3.05) is 0 Å². The van der Waals surface area contributed by atoms with Gasteiger partial charge in [0.05, 0.1) is 12.2 Å². The molecule has 0 fully saturated rings. The monoisotopic (exact) mass is 417 g/mol. The molecular weight excluding hydrogens is 394 g/mol. The van der Waals surface area contributed by atoms with Crippen molar-refractivity contribution in [2.45, 2.75) is 13.5 Å². The van der Waals surface area contributed by atoms with Crippen molar-refractivity contribution in [1.29, 1.82) is 0 Å². The lowest BCUT2D eigenvalue weighted by Gasteiger charge is -2.16. The molecular formula is C29H23NO2. The summed E-state index contributed by atoms with van der Waals surface area (Å²) in [7, 11) is 0. The van der Waals surface area contributed by atoms with E-state index in [4.69, 9.17) is 4.74 Å². The third-order valence-electron chi connectivity index (χ3n) is 5.58. The Bertz CT molecular complexity index is 1420. The molecule has 0 N–H and O–H groups in total. The lowest BCUT2D eigenvalue weighted by Crippen LogP contribution is -2.22. The van der Waals surface area contributed by atoms with Gasteiger partial charge in [-0.3, -0.25) is 4.79 Å². The molecule has 156 valence electrons. The van der Waals surface area contributed by atoms with Gasteiger partial charge in [-0.1, -0.05) is 66.2 Å². The first-order chi connectivity index (χ1) is 15.7. The van der Waals surface area contributed by atoms with Crippen LogP contribution in [0.4, 0.5) is 0 Å². The van der Waals surface area contributed by atoms with Gasteiger partial charge in [0.25, 0.3) is 5.56 Å². The number of aromatic nitrogens is 1. The Labute approximate surface area is 187 Å². The van der Waals surface area contributed by atoms with Crippen molar-refractivity contribution in [3.8, 4) is 22.8 Å². The van der Waals surface area contributed by atoms with Gasteiger partial charge in [0.15, 0.2) is 0 Å². The SMILES string of the molecule is Cc1ccc2cc(-c3ccc(Oc4ccccc4)cc3)n(Cc3ccccc3)c(=O)c2c1. The van der Waals surface area contributed by atoms with Crippen LogP contribution in [0.2, 0.25) is 0 Å². The molecule has 0 bridgehead atoms. The quantitative estimate of drug-likeness (QED) is 0.314. The van der Waals surface area contributed by atoms with Crippen LogP contribution in [0.25, 0.3) is 22.0 Å². The lowest BCUT2D eigenvalue weighted by atomic mass is 10.0. The van der Waals surface area contributed by atoms with Gasteiger partial charge in [-0.2, -0.15) is 0 Å². The van der Waals surface area contributed by atoms with Crippen molar-refractivity contribution in [2.24, 2.45) is 0 Å². The second-order valence-electron chi connectivity index (χ2n) is 7.94. The summed E-state index contributed by atoms with van der Waals surface area (Å²) in [6.07, 6.45) is 0. The summed E-state index contributed by atoms with van der Waals surface area (Å²) in [6, 6.07) is 35.8. The fraction of sp³-hybridized carbons (Fsp3) is 0.0690. The van der Waals surface area contributed by atoms with Gasteiger partial charge in [0, 0.05) is 5.39 Å². The van der Waals surface area contributed by atoms with Crippen LogP contribution in [-0.4, -0.2) is 4.57 Å². The predicted octanol–water partition coefficient (Wildman–Crippen LogP) is 6.82. The van der Waals surface area contributed by atoms with Crippen LogP contribution in [0.5, 0.6) is 11.5 Å². The van der Waals surface area contributed by atoms with Crippen LogP contribution in [0.1, 0.15) is 11.1 Å². The normalized spacial score (nSPS) is 10.9. The van der Waals surface area contributed by atoms with Crippen molar-refractivity contribution in [3.63, 3.8) is 0 Å². The number of rotatable bonds is 5. The third kappa shape index (κ3) is 4.06. The number of nitrogens with zero attached hydrogens (tertiary/aromatic N) is 1. The highest BCUT2D eigenvalue weighted by Gasteiger charge is 2.12. The number of benzene rings is 4. The highest BCUT2D eigenvalue weighted by atomic mass is 16.5. The zero-order valence-corrected chi connectivity index (χ0v) is 17.9. The van der Waals surface area contributed by atoms with E-state index in [1.54, 1.807) is 0 Å².